The van der Waals surface area contributed by atoms with Crippen molar-refractivity contribution in [2.45, 2.75) is 25.3 Å². The fourth-order valence-electron chi connectivity index (χ4n) is 2.96. The molecule has 0 aliphatic rings. The first-order valence-electron chi connectivity index (χ1n) is 8.63. The van der Waals surface area contributed by atoms with Crippen molar-refractivity contribution in [3.05, 3.63) is 78.0 Å². The molecular formula is C21H21N3O2. The number of nitrogens with one attached hydrogen (secondary N) is 1. The number of amides is 2. The largest absolute Gasteiger partial charge is 0.368 e. The molecule has 3 N–H and O–H groups in total. The highest BCUT2D eigenvalue weighted by atomic mass is 16.2. The molecule has 132 valence electrons. The lowest BCUT2D eigenvalue weighted by Crippen LogP contribution is -2.44. The molecule has 2 amide bonds. The molecule has 0 bridgehead atoms. The quantitative estimate of drug-likeness (QED) is 0.689. The van der Waals surface area contributed by atoms with Gasteiger partial charge in [0.05, 0.1) is 11.1 Å². The Morgan fingerprint density at radius 1 is 1.00 bits per heavy atom. The number of nitrogens with zero attached hydrogens (tertiary/aromatic N) is 1. The van der Waals surface area contributed by atoms with Crippen molar-refractivity contribution in [1.82, 2.24) is 10.3 Å². The third kappa shape index (κ3) is 4.25. The van der Waals surface area contributed by atoms with Crippen LogP contribution in [0.4, 0.5) is 0 Å². The van der Waals surface area contributed by atoms with Gasteiger partial charge in [-0.2, -0.15) is 0 Å². The fraction of sp³-hybridized carbons (Fsp3) is 0.190. The molecular weight excluding hydrogens is 326 g/mol. The monoisotopic (exact) mass is 347 g/mol. The van der Waals surface area contributed by atoms with Gasteiger partial charge < -0.3 is 11.1 Å². The number of pyridine rings is 1. The Balaban J connectivity index is 1.67. The molecule has 1 heterocycles. The van der Waals surface area contributed by atoms with E-state index in [0.717, 1.165) is 18.2 Å². The lowest BCUT2D eigenvalue weighted by Gasteiger charge is -2.16. The Morgan fingerprint density at radius 3 is 2.54 bits per heavy atom. The summed E-state index contributed by atoms with van der Waals surface area (Å²) in [6.07, 6.45) is 3.72. The molecule has 0 saturated heterocycles. The molecule has 0 aliphatic carbocycles. The van der Waals surface area contributed by atoms with Crippen LogP contribution in [-0.4, -0.2) is 22.8 Å². The maximum absolute atomic E-state index is 12.6. The summed E-state index contributed by atoms with van der Waals surface area (Å²) in [6.45, 7) is 0. The van der Waals surface area contributed by atoms with Gasteiger partial charge in [0.25, 0.3) is 5.91 Å². The summed E-state index contributed by atoms with van der Waals surface area (Å²) in [7, 11) is 0. The van der Waals surface area contributed by atoms with Crippen LogP contribution in [0.15, 0.2) is 66.9 Å². The van der Waals surface area contributed by atoms with Gasteiger partial charge in [-0.25, -0.2) is 0 Å². The van der Waals surface area contributed by atoms with Gasteiger partial charge in [0.15, 0.2) is 0 Å². The van der Waals surface area contributed by atoms with Crippen molar-refractivity contribution in [2.75, 3.05) is 0 Å². The summed E-state index contributed by atoms with van der Waals surface area (Å²) < 4.78 is 0. The van der Waals surface area contributed by atoms with E-state index in [4.69, 9.17) is 5.73 Å². The number of nitrogens with two attached hydrogens (primary N) is 1. The van der Waals surface area contributed by atoms with E-state index in [1.807, 2.05) is 48.5 Å². The maximum atomic E-state index is 12.6. The Bertz CT molecular complexity index is 904. The minimum atomic E-state index is -0.704. The molecule has 5 nitrogen and oxygen atoms in total. The second kappa shape index (κ2) is 8.25. The summed E-state index contributed by atoms with van der Waals surface area (Å²) in [5.41, 5.74) is 7.73. The van der Waals surface area contributed by atoms with E-state index in [-0.39, 0.29) is 5.91 Å². The highest BCUT2D eigenvalue weighted by molar-refractivity contribution is 6.06. The van der Waals surface area contributed by atoms with Gasteiger partial charge in [-0.15, -0.1) is 0 Å². The van der Waals surface area contributed by atoms with Crippen molar-refractivity contribution in [3.63, 3.8) is 0 Å². The molecule has 0 radical (unpaired) electrons. The highest BCUT2D eigenvalue weighted by Gasteiger charge is 2.20. The van der Waals surface area contributed by atoms with Crippen LogP contribution >= 0.6 is 0 Å². The van der Waals surface area contributed by atoms with Crippen molar-refractivity contribution in [2.24, 2.45) is 5.73 Å². The lowest BCUT2D eigenvalue weighted by atomic mass is 10.0. The molecule has 0 unspecified atom stereocenters. The molecule has 1 aromatic heterocycles. The van der Waals surface area contributed by atoms with E-state index in [1.54, 1.807) is 18.3 Å². The van der Waals surface area contributed by atoms with Gasteiger partial charge in [-0.3, -0.25) is 14.6 Å². The van der Waals surface area contributed by atoms with Gasteiger partial charge in [0.2, 0.25) is 5.91 Å². The van der Waals surface area contributed by atoms with E-state index in [2.05, 4.69) is 10.3 Å². The van der Waals surface area contributed by atoms with Crippen LogP contribution in [0.5, 0.6) is 0 Å². The molecule has 0 spiro atoms. The topological polar surface area (TPSA) is 85.1 Å². The molecule has 0 aliphatic heterocycles. The maximum Gasteiger partial charge on any atom is 0.254 e. The van der Waals surface area contributed by atoms with Crippen molar-refractivity contribution >= 4 is 22.7 Å². The van der Waals surface area contributed by atoms with E-state index >= 15 is 0 Å². The molecule has 0 fully saturated rings. The highest BCUT2D eigenvalue weighted by Crippen LogP contribution is 2.16. The zero-order valence-electron chi connectivity index (χ0n) is 14.4. The first kappa shape index (κ1) is 17.6. The number of rotatable bonds is 7. The van der Waals surface area contributed by atoms with Crippen LogP contribution < -0.4 is 11.1 Å². The van der Waals surface area contributed by atoms with Crippen LogP contribution in [0.1, 0.15) is 28.8 Å². The molecule has 5 heteroatoms. The Morgan fingerprint density at radius 2 is 1.77 bits per heavy atom. The number of carbonyl (C=O) groups excluding carboxylic acids is 2. The fourth-order valence-corrected chi connectivity index (χ4v) is 2.96. The first-order valence-corrected chi connectivity index (χ1v) is 8.63. The SMILES string of the molecule is NC(=O)[C@H](CCCc1ccccc1)NC(=O)c1cccc2cccnc12. The predicted octanol–water partition coefficient (Wildman–Crippen LogP) is 2.84. The second-order valence-electron chi connectivity index (χ2n) is 6.19. The normalized spacial score (nSPS) is 11.8. The van der Waals surface area contributed by atoms with Crippen LogP contribution in [0.25, 0.3) is 10.9 Å². The zero-order chi connectivity index (χ0) is 18.4. The average Bonchev–Trinajstić information content (AvgIpc) is 2.67. The number of hydrogen-bond donors (Lipinski definition) is 2. The number of carbonyl (C=O) groups is 2. The van der Waals surface area contributed by atoms with E-state index in [0.29, 0.717) is 17.5 Å². The number of fused-ring (bicyclic) bond motifs is 1. The molecule has 3 aromatic rings. The molecule has 0 saturated carbocycles. The number of hydrogen-bond acceptors (Lipinski definition) is 3. The standard InChI is InChI=1S/C21H21N3O2/c22-20(25)18(13-4-9-15-7-2-1-3-8-15)24-21(26)17-12-5-10-16-11-6-14-23-19(16)17/h1-3,5-8,10-12,14,18H,4,9,13H2,(H2,22,25)(H,24,26)/t18-/m0/s1. The Kier molecular flexibility index (Phi) is 5.59. The summed E-state index contributed by atoms with van der Waals surface area (Å²) >= 11 is 0. The van der Waals surface area contributed by atoms with Gasteiger partial charge in [0, 0.05) is 11.6 Å². The Labute approximate surface area is 152 Å². The van der Waals surface area contributed by atoms with E-state index < -0.39 is 11.9 Å². The van der Waals surface area contributed by atoms with Crippen LogP contribution in [0.2, 0.25) is 0 Å². The number of aromatic nitrogens is 1. The third-order valence-corrected chi connectivity index (χ3v) is 4.33. The minimum absolute atomic E-state index is 0.335. The summed E-state index contributed by atoms with van der Waals surface area (Å²) in [4.78, 5) is 28.7. The minimum Gasteiger partial charge on any atom is -0.368 e. The number of benzene rings is 2. The predicted molar refractivity (Wildman–Crippen MR) is 102 cm³/mol. The molecule has 26 heavy (non-hydrogen) atoms. The van der Waals surface area contributed by atoms with Crippen LogP contribution in [0, 0.1) is 0 Å². The van der Waals surface area contributed by atoms with Crippen LogP contribution in [-0.2, 0) is 11.2 Å². The summed E-state index contributed by atoms with van der Waals surface area (Å²) in [5.74, 6) is -0.864. The zero-order valence-corrected chi connectivity index (χ0v) is 14.4. The smallest absolute Gasteiger partial charge is 0.254 e. The number of para-hydroxylation sites is 1. The Hall–Kier alpha value is -3.21. The number of aryl methyl sites for hydroxylation is 1. The van der Waals surface area contributed by atoms with E-state index in [1.165, 1.54) is 5.56 Å². The van der Waals surface area contributed by atoms with Gasteiger partial charge in [0.1, 0.15) is 6.04 Å². The first-order chi connectivity index (χ1) is 12.6. The molecule has 1 atom stereocenters. The average molecular weight is 347 g/mol. The summed E-state index contributed by atoms with van der Waals surface area (Å²) in [6, 6.07) is 18.4. The van der Waals surface area contributed by atoms with Gasteiger partial charge in [-0.1, -0.05) is 48.5 Å². The molecule has 2 aromatic carbocycles. The molecule has 3 rings (SSSR count). The van der Waals surface area contributed by atoms with E-state index in [9.17, 15) is 9.59 Å². The van der Waals surface area contributed by atoms with Gasteiger partial charge in [-0.05, 0) is 37.0 Å². The lowest BCUT2D eigenvalue weighted by molar-refractivity contribution is -0.120. The van der Waals surface area contributed by atoms with Crippen molar-refractivity contribution in [1.29, 1.82) is 0 Å². The number of primary amides is 1. The van der Waals surface area contributed by atoms with Gasteiger partial charge >= 0.3 is 0 Å². The van der Waals surface area contributed by atoms with Crippen molar-refractivity contribution in [3.8, 4) is 0 Å². The van der Waals surface area contributed by atoms with Crippen molar-refractivity contribution < 1.29 is 9.59 Å². The summed E-state index contributed by atoms with van der Waals surface area (Å²) in [5, 5.41) is 3.63. The van der Waals surface area contributed by atoms with Crippen LogP contribution in [0.3, 0.4) is 0 Å². The second-order valence-corrected chi connectivity index (χ2v) is 6.19. The third-order valence-electron chi connectivity index (χ3n) is 4.33.